The molecule has 0 fully saturated rings. The van der Waals surface area contributed by atoms with E-state index in [1.807, 2.05) is 0 Å². The van der Waals surface area contributed by atoms with E-state index in [4.69, 9.17) is 0 Å². The van der Waals surface area contributed by atoms with Crippen molar-refractivity contribution in [2.45, 2.75) is 283 Å². The van der Waals surface area contributed by atoms with Crippen LogP contribution in [0.25, 0.3) is 0 Å². The number of amides is 1. The third-order valence-corrected chi connectivity index (χ3v) is 11.9. The van der Waals surface area contributed by atoms with E-state index in [0.717, 1.165) is 51.4 Å². The van der Waals surface area contributed by atoms with E-state index in [2.05, 4.69) is 67.8 Å². The second-order valence-electron chi connectivity index (χ2n) is 17.6. The number of allylic oxidation sites excluding steroid dienone is 8. The summed E-state index contributed by atoms with van der Waals surface area (Å²) in [5.41, 5.74) is 0. The Kier molecular flexibility index (Phi) is 48.3. The lowest BCUT2D eigenvalue weighted by Crippen LogP contribution is -2.45. The smallest absolute Gasteiger partial charge is 0.220 e. The average Bonchev–Trinajstić information content (AvgIpc) is 3.23. The van der Waals surface area contributed by atoms with Crippen LogP contribution in [0, 0.1) is 0 Å². The third kappa shape index (κ3) is 45.4. The zero-order chi connectivity index (χ0) is 42.1. The molecular formula is C54H101NO3. The summed E-state index contributed by atoms with van der Waals surface area (Å²) in [6, 6.07) is -0.533. The van der Waals surface area contributed by atoms with Gasteiger partial charge in [-0.05, 0) is 51.4 Å². The topological polar surface area (TPSA) is 69.6 Å². The Morgan fingerprint density at radius 1 is 0.431 bits per heavy atom. The molecule has 340 valence electrons. The SMILES string of the molecule is CC/C=C\C/C=C\C/C=C\C/C=C\CCCCCCCCCCCCCCCCCCCCCCCCC(=O)NC(CO)C(O)CCCCCCCCCCCCC. The van der Waals surface area contributed by atoms with Gasteiger partial charge in [0, 0.05) is 6.42 Å². The van der Waals surface area contributed by atoms with E-state index in [9.17, 15) is 15.0 Å². The Morgan fingerprint density at radius 2 is 0.759 bits per heavy atom. The number of aliphatic hydroxyl groups is 2. The number of aliphatic hydroxyl groups excluding tert-OH is 2. The number of unbranched alkanes of at least 4 members (excludes halogenated alkanes) is 32. The predicted octanol–water partition coefficient (Wildman–Crippen LogP) is 16.7. The highest BCUT2D eigenvalue weighted by atomic mass is 16.3. The first-order valence-corrected chi connectivity index (χ1v) is 25.8. The molecule has 2 unspecified atom stereocenters. The second kappa shape index (κ2) is 49.7. The van der Waals surface area contributed by atoms with Gasteiger partial charge in [-0.2, -0.15) is 0 Å². The van der Waals surface area contributed by atoms with Crippen molar-refractivity contribution < 1.29 is 15.0 Å². The monoisotopic (exact) mass is 812 g/mol. The van der Waals surface area contributed by atoms with Crippen LogP contribution in [0.3, 0.4) is 0 Å². The maximum atomic E-state index is 12.4. The van der Waals surface area contributed by atoms with Gasteiger partial charge in [0.25, 0.3) is 0 Å². The average molecular weight is 812 g/mol. The van der Waals surface area contributed by atoms with Crippen LogP contribution < -0.4 is 5.32 Å². The van der Waals surface area contributed by atoms with Crippen LogP contribution in [0.15, 0.2) is 48.6 Å². The van der Waals surface area contributed by atoms with Crippen molar-refractivity contribution in [2.75, 3.05) is 6.61 Å². The Hall–Kier alpha value is -1.65. The Bertz CT molecular complexity index is 923. The summed E-state index contributed by atoms with van der Waals surface area (Å²) in [6.45, 7) is 4.25. The molecule has 1 amide bonds. The summed E-state index contributed by atoms with van der Waals surface area (Å²) in [4.78, 5) is 12.4. The van der Waals surface area contributed by atoms with E-state index < -0.39 is 12.1 Å². The number of carbonyl (C=O) groups excluding carboxylic acids is 1. The summed E-state index contributed by atoms with van der Waals surface area (Å²) < 4.78 is 0. The highest BCUT2D eigenvalue weighted by Gasteiger charge is 2.20. The van der Waals surface area contributed by atoms with Crippen molar-refractivity contribution in [3.8, 4) is 0 Å². The van der Waals surface area contributed by atoms with E-state index in [1.165, 1.54) is 193 Å². The fraction of sp³-hybridized carbons (Fsp3) is 0.833. The van der Waals surface area contributed by atoms with Gasteiger partial charge in [-0.25, -0.2) is 0 Å². The molecule has 0 rings (SSSR count). The summed E-state index contributed by atoms with van der Waals surface area (Å²) in [6.07, 6.45) is 68.1. The Labute approximate surface area is 363 Å². The lowest BCUT2D eigenvalue weighted by molar-refractivity contribution is -0.123. The first-order chi connectivity index (χ1) is 28.7. The number of hydrogen-bond donors (Lipinski definition) is 3. The van der Waals surface area contributed by atoms with Crippen LogP contribution in [0.2, 0.25) is 0 Å². The van der Waals surface area contributed by atoms with Crippen LogP contribution in [-0.4, -0.2) is 34.9 Å². The minimum atomic E-state index is -0.656. The van der Waals surface area contributed by atoms with Crippen molar-refractivity contribution in [3.63, 3.8) is 0 Å². The lowest BCUT2D eigenvalue weighted by Gasteiger charge is -2.22. The molecule has 0 heterocycles. The van der Waals surface area contributed by atoms with Gasteiger partial charge in [0.15, 0.2) is 0 Å². The Balaban J connectivity index is 3.38. The highest BCUT2D eigenvalue weighted by molar-refractivity contribution is 5.76. The molecule has 0 bridgehead atoms. The molecule has 2 atom stereocenters. The van der Waals surface area contributed by atoms with Crippen LogP contribution in [0.5, 0.6) is 0 Å². The molecule has 0 saturated heterocycles. The standard InChI is InChI=1S/C54H101NO3/c1-3-5-7-9-11-13-15-16-17-18-19-20-21-22-23-24-25-26-27-28-29-30-31-32-33-34-35-36-37-38-40-42-44-46-48-50-54(58)55-52(51-56)53(57)49-47-45-43-41-39-14-12-10-8-6-4-2/h5,7,11,13,16-17,19-20,52-53,56-57H,3-4,6,8-10,12,14-15,18,21-51H2,1-2H3,(H,55,58)/b7-5-,13-11-,17-16-,20-19-. The zero-order valence-electron chi connectivity index (χ0n) is 39.1. The lowest BCUT2D eigenvalue weighted by atomic mass is 10.0. The van der Waals surface area contributed by atoms with Gasteiger partial charge in [-0.3, -0.25) is 4.79 Å². The van der Waals surface area contributed by atoms with Gasteiger partial charge in [-0.1, -0.05) is 262 Å². The Morgan fingerprint density at radius 3 is 1.14 bits per heavy atom. The molecular weight excluding hydrogens is 711 g/mol. The number of rotatable bonds is 47. The molecule has 0 saturated carbocycles. The molecule has 0 aromatic rings. The third-order valence-electron chi connectivity index (χ3n) is 11.9. The first-order valence-electron chi connectivity index (χ1n) is 25.8. The summed E-state index contributed by atoms with van der Waals surface area (Å²) in [5.74, 6) is -0.0292. The normalized spacial score (nSPS) is 13.2. The second-order valence-corrected chi connectivity index (χ2v) is 17.6. The van der Waals surface area contributed by atoms with Crippen LogP contribution in [0.1, 0.15) is 271 Å². The zero-order valence-corrected chi connectivity index (χ0v) is 39.1. The maximum Gasteiger partial charge on any atom is 0.220 e. The van der Waals surface area contributed by atoms with Gasteiger partial charge in [-0.15, -0.1) is 0 Å². The highest BCUT2D eigenvalue weighted by Crippen LogP contribution is 2.17. The largest absolute Gasteiger partial charge is 0.394 e. The van der Waals surface area contributed by atoms with Crippen molar-refractivity contribution in [3.05, 3.63) is 48.6 Å². The summed E-state index contributed by atoms with van der Waals surface area (Å²) in [5, 5.41) is 23.2. The molecule has 0 aromatic heterocycles. The van der Waals surface area contributed by atoms with Crippen molar-refractivity contribution in [1.29, 1.82) is 0 Å². The molecule has 0 aliphatic carbocycles. The first kappa shape index (κ1) is 56.4. The molecule has 0 aliphatic rings. The molecule has 58 heavy (non-hydrogen) atoms. The molecule has 0 aliphatic heterocycles. The summed E-state index contributed by atoms with van der Waals surface area (Å²) in [7, 11) is 0. The number of carbonyl (C=O) groups is 1. The molecule has 4 nitrogen and oxygen atoms in total. The van der Waals surface area contributed by atoms with Gasteiger partial charge in [0.2, 0.25) is 5.91 Å². The van der Waals surface area contributed by atoms with Gasteiger partial charge < -0.3 is 15.5 Å². The quantitative estimate of drug-likeness (QED) is 0.0423. The van der Waals surface area contributed by atoms with E-state index in [-0.39, 0.29) is 12.5 Å². The van der Waals surface area contributed by atoms with Crippen LogP contribution in [-0.2, 0) is 4.79 Å². The minimum absolute atomic E-state index is 0.0292. The number of hydrogen-bond acceptors (Lipinski definition) is 3. The fourth-order valence-electron chi connectivity index (χ4n) is 7.94. The van der Waals surface area contributed by atoms with E-state index in [0.29, 0.717) is 12.8 Å². The molecule has 0 aromatic carbocycles. The summed E-state index contributed by atoms with van der Waals surface area (Å²) >= 11 is 0. The van der Waals surface area contributed by atoms with Crippen molar-refractivity contribution >= 4 is 5.91 Å². The van der Waals surface area contributed by atoms with Crippen molar-refractivity contribution in [2.24, 2.45) is 0 Å². The molecule has 4 heteroatoms. The molecule has 0 spiro atoms. The van der Waals surface area contributed by atoms with Crippen LogP contribution >= 0.6 is 0 Å². The van der Waals surface area contributed by atoms with E-state index >= 15 is 0 Å². The van der Waals surface area contributed by atoms with E-state index in [1.54, 1.807) is 0 Å². The van der Waals surface area contributed by atoms with Gasteiger partial charge >= 0.3 is 0 Å². The van der Waals surface area contributed by atoms with Gasteiger partial charge in [0.1, 0.15) is 0 Å². The predicted molar refractivity (Wildman–Crippen MR) is 258 cm³/mol. The minimum Gasteiger partial charge on any atom is -0.394 e. The molecule has 0 radical (unpaired) electrons. The molecule has 3 N–H and O–H groups in total. The van der Waals surface area contributed by atoms with Crippen molar-refractivity contribution in [1.82, 2.24) is 5.32 Å². The van der Waals surface area contributed by atoms with Gasteiger partial charge in [0.05, 0.1) is 18.8 Å². The number of nitrogens with one attached hydrogen (secondary N) is 1. The fourth-order valence-corrected chi connectivity index (χ4v) is 7.94. The maximum absolute atomic E-state index is 12.4. The van der Waals surface area contributed by atoms with Crippen LogP contribution in [0.4, 0.5) is 0 Å².